The zero-order chi connectivity index (χ0) is 13.7. The minimum atomic E-state index is 0.0225. The first-order valence-corrected chi connectivity index (χ1v) is 7.51. The standard InChI is InChI=1S/C15H21N3S/c1-3-13-9-18-15(19-13)11(2)17-10-14(16)12-7-5-4-6-8-12/h4-9,11,14,17H,3,10,16H2,1-2H3. The molecule has 0 spiro atoms. The molecule has 3 N–H and O–H groups in total. The topological polar surface area (TPSA) is 50.9 Å². The van der Waals surface area contributed by atoms with E-state index in [1.165, 1.54) is 4.88 Å². The number of nitrogens with zero attached hydrogens (tertiary/aromatic N) is 1. The van der Waals surface area contributed by atoms with E-state index in [1.54, 1.807) is 11.3 Å². The van der Waals surface area contributed by atoms with Gasteiger partial charge in [0.25, 0.3) is 0 Å². The molecule has 0 aliphatic heterocycles. The molecule has 0 saturated heterocycles. The number of benzene rings is 1. The van der Waals surface area contributed by atoms with Crippen LogP contribution in [0.3, 0.4) is 0 Å². The highest BCUT2D eigenvalue weighted by Gasteiger charge is 2.12. The van der Waals surface area contributed by atoms with Crippen LogP contribution in [0.25, 0.3) is 0 Å². The molecule has 1 aromatic carbocycles. The van der Waals surface area contributed by atoms with Gasteiger partial charge < -0.3 is 11.1 Å². The van der Waals surface area contributed by atoms with Gasteiger partial charge in [-0.05, 0) is 18.9 Å². The Morgan fingerprint density at radius 1 is 1.32 bits per heavy atom. The van der Waals surface area contributed by atoms with Gasteiger partial charge >= 0.3 is 0 Å². The highest BCUT2D eigenvalue weighted by atomic mass is 32.1. The van der Waals surface area contributed by atoms with Gasteiger partial charge in [0.15, 0.2) is 0 Å². The van der Waals surface area contributed by atoms with Crippen molar-refractivity contribution in [2.75, 3.05) is 6.54 Å². The van der Waals surface area contributed by atoms with Crippen molar-refractivity contribution in [3.8, 4) is 0 Å². The second-order valence-electron chi connectivity index (χ2n) is 4.67. The lowest BCUT2D eigenvalue weighted by Gasteiger charge is -2.16. The van der Waals surface area contributed by atoms with Crippen molar-refractivity contribution in [1.29, 1.82) is 0 Å². The van der Waals surface area contributed by atoms with Crippen LogP contribution >= 0.6 is 11.3 Å². The van der Waals surface area contributed by atoms with E-state index < -0.39 is 0 Å². The van der Waals surface area contributed by atoms with E-state index in [1.807, 2.05) is 24.4 Å². The lowest BCUT2D eigenvalue weighted by atomic mass is 10.1. The molecular formula is C15H21N3S. The molecule has 19 heavy (non-hydrogen) atoms. The molecule has 0 bridgehead atoms. The van der Waals surface area contributed by atoms with Crippen LogP contribution < -0.4 is 11.1 Å². The summed E-state index contributed by atoms with van der Waals surface area (Å²) in [5.74, 6) is 0. The third-order valence-electron chi connectivity index (χ3n) is 3.16. The first-order chi connectivity index (χ1) is 9.20. The van der Waals surface area contributed by atoms with Crippen LogP contribution in [0.15, 0.2) is 36.5 Å². The van der Waals surface area contributed by atoms with Crippen molar-refractivity contribution in [2.45, 2.75) is 32.4 Å². The Kier molecular flexibility index (Phi) is 5.07. The molecule has 2 rings (SSSR count). The highest BCUT2D eigenvalue weighted by Crippen LogP contribution is 2.20. The Balaban J connectivity index is 1.88. The molecule has 0 amide bonds. The quantitative estimate of drug-likeness (QED) is 0.852. The molecule has 2 atom stereocenters. The molecular weight excluding hydrogens is 254 g/mol. The van der Waals surface area contributed by atoms with Gasteiger partial charge in [-0.25, -0.2) is 4.98 Å². The van der Waals surface area contributed by atoms with Gasteiger partial charge in [0.1, 0.15) is 5.01 Å². The molecule has 2 aromatic rings. The fraction of sp³-hybridized carbons (Fsp3) is 0.400. The van der Waals surface area contributed by atoms with E-state index in [0.29, 0.717) is 0 Å². The normalized spacial score (nSPS) is 14.3. The highest BCUT2D eigenvalue weighted by molar-refractivity contribution is 7.11. The number of hydrogen-bond acceptors (Lipinski definition) is 4. The zero-order valence-electron chi connectivity index (χ0n) is 11.5. The van der Waals surface area contributed by atoms with E-state index >= 15 is 0 Å². The van der Waals surface area contributed by atoms with Crippen molar-refractivity contribution in [1.82, 2.24) is 10.3 Å². The van der Waals surface area contributed by atoms with Crippen LogP contribution in [0, 0.1) is 0 Å². The smallest absolute Gasteiger partial charge is 0.109 e. The van der Waals surface area contributed by atoms with Crippen molar-refractivity contribution in [3.05, 3.63) is 52.0 Å². The molecule has 1 heterocycles. The van der Waals surface area contributed by atoms with Crippen LogP contribution in [0.4, 0.5) is 0 Å². The largest absolute Gasteiger partial charge is 0.323 e. The van der Waals surface area contributed by atoms with Crippen LogP contribution in [-0.4, -0.2) is 11.5 Å². The molecule has 0 fully saturated rings. The summed E-state index contributed by atoms with van der Waals surface area (Å²) in [6.45, 7) is 5.04. The lowest BCUT2D eigenvalue weighted by molar-refractivity contribution is 0.525. The Morgan fingerprint density at radius 2 is 2.05 bits per heavy atom. The summed E-state index contributed by atoms with van der Waals surface area (Å²) < 4.78 is 0. The fourth-order valence-corrected chi connectivity index (χ4v) is 2.78. The number of aromatic nitrogens is 1. The average molecular weight is 275 g/mol. The number of thiazole rings is 1. The number of nitrogens with two attached hydrogens (primary N) is 1. The summed E-state index contributed by atoms with van der Waals surface area (Å²) in [5.41, 5.74) is 7.34. The van der Waals surface area contributed by atoms with Crippen molar-refractivity contribution in [3.63, 3.8) is 0 Å². The predicted molar refractivity (Wildman–Crippen MR) is 81.3 cm³/mol. The van der Waals surface area contributed by atoms with Crippen LogP contribution in [0.1, 0.15) is 41.4 Å². The Labute approximate surface area is 118 Å². The second-order valence-corrected chi connectivity index (χ2v) is 5.81. The maximum Gasteiger partial charge on any atom is 0.109 e. The van der Waals surface area contributed by atoms with Crippen LogP contribution in [-0.2, 0) is 6.42 Å². The molecule has 3 nitrogen and oxygen atoms in total. The van der Waals surface area contributed by atoms with Gasteiger partial charge in [-0.1, -0.05) is 37.3 Å². The summed E-state index contributed by atoms with van der Waals surface area (Å²) in [4.78, 5) is 5.78. The SMILES string of the molecule is CCc1cnc(C(C)NCC(N)c2ccccc2)s1. The van der Waals surface area contributed by atoms with Crippen molar-refractivity contribution in [2.24, 2.45) is 5.73 Å². The summed E-state index contributed by atoms with van der Waals surface area (Å²) in [6, 6.07) is 10.5. The average Bonchev–Trinajstić information content (AvgIpc) is 2.94. The monoisotopic (exact) mass is 275 g/mol. The maximum atomic E-state index is 6.17. The summed E-state index contributed by atoms with van der Waals surface area (Å²) >= 11 is 1.77. The maximum absolute atomic E-state index is 6.17. The molecule has 4 heteroatoms. The summed E-state index contributed by atoms with van der Waals surface area (Å²) in [5, 5.41) is 4.59. The van der Waals surface area contributed by atoms with Crippen molar-refractivity contribution < 1.29 is 0 Å². The predicted octanol–water partition coefficient (Wildman–Crippen LogP) is 3.06. The second kappa shape index (κ2) is 6.80. The number of rotatable bonds is 6. The zero-order valence-corrected chi connectivity index (χ0v) is 12.3. The van der Waals surface area contributed by atoms with Crippen LogP contribution in [0.5, 0.6) is 0 Å². The van der Waals surface area contributed by atoms with Gasteiger partial charge in [0.2, 0.25) is 0 Å². The van der Waals surface area contributed by atoms with E-state index in [-0.39, 0.29) is 12.1 Å². The van der Waals surface area contributed by atoms with Gasteiger partial charge in [-0.2, -0.15) is 0 Å². The third kappa shape index (κ3) is 3.86. The fourth-order valence-electron chi connectivity index (χ4n) is 1.90. The minimum Gasteiger partial charge on any atom is -0.323 e. The lowest BCUT2D eigenvalue weighted by Crippen LogP contribution is -2.29. The van der Waals surface area contributed by atoms with Gasteiger partial charge in [0.05, 0.1) is 6.04 Å². The summed E-state index contributed by atoms with van der Waals surface area (Å²) in [6.07, 6.45) is 3.02. The van der Waals surface area contributed by atoms with Gasteiger partial charge in [-0.15, -0.1) is 11.3 Å². The van der Waals surface area contributed by atoms with E-state index in [4.69, 9.17) is 5.73 Å². The number of nitrogens with one attached hydrogen (secondary N) is 1. The van der Waals surface area contributed by atoms with Gasteiger partial charge in [0, 0.05) is 23.7 Å². The Hall–Kier alpha value is -1.23. The molecule has 0 aliphatic rings. The minimum absolute atomic E-state index is 0.0225. The molecule has 2 unspecified atom stereocenters. The Bertz CT molecular complexity index is 495. The first kappa shape index (κ1) is 14.2. The summed E-state index contributed by atoms with van der Waals surface area (Å²) in [7, 11) is 0. The molecule has 0 aliphatic carbocycles. The number of aryl methyl sites for hydroxylation is 1. The molecule has 102 valence electrons. The number of hydrogen-bond donors (Lipinski definition) is 2. The Morgan fingerprint density at radius 3 is 2.68 bits per heavy atom. The van der Waals surface area contributed by atoms with Crippen molar-refractivity contribution >= 4 is 11.3 Å². The molecule has 0 saturated carbocycles. The molecule has 0 radical (unpaired) electrons. The van der Waals surface area contributed by atoms with Gasteiger partial charge in [-0.3, -0.25) is 0 Å². The van der Waals surface area contributed by atoms with E-state index in [2.05, 4.69) is 36.3 Å². The van der Waals surface area contributed by atoms with Crippen LogP contribution in [0.2, 0.25) is 0 Å². The van der Waals surface area contributed by atoms with E-state index in [0.717, 1.165) is 23.5 Å². The first-order valence-electron chi connectivity index (χ1n) is 6.69. The third-order valence-corrected chi connectivity index (χ3v) is 4.49. The van der Waals surface area contributed by atoms with E-state index in [9.17, 15) is 0 Å². The molecule has 1 aromatic heterocycles.